The Morgan fingerprint density at radius 1 is 1.36 bits per heavy atom. The van der Waals surface area contributed by atoms with Crippen LogP contribution in [0.3, 0.4) is 0 Å². The van der Waals surface area contributed by atoms with Crippen LogP contribution in [0.2, 0.25) is 0 Å². The molecule has 0 spiro atoms. The topological polar surface area (TPSA) is 12.9 Å². The van der Waals surface area contributed by atoms with Gasteiger partial charge in [-0.05, 0) is 30.9 Å². The van der Waals surface area contributed by atoms with E-state index in [9.17, 15) is 0 Å². The smallest absolute Gasteiger partial charge is 0.0444 e. The summed E-state index contributed by atoms with van der Waals surface area (Å²) in [6.45, 7) is 10.9. The molecule has 1 aromatic rings. The van der Waals surface area contributed by atoms with Gasteiger partial charge in [0.15, 0.2) is 0 Å². The molecule has 0 saturated heterocycles. The van der Waals surface area contributed by atoms with Crippen molar-refractivity contribution in [1.29, 1.82) is 0 Å². The summed E-state index contributed by atoms with van der Waals surface area (Å²) in [4.78, 5) is 4.27. The molecule has 0 N–H and O–H groups in total. The van der Waals surface area contributed by atoms with E-state index >= 15 is 0 Å². The zero-order valence-corrected chi connectivity index (χ0v) is 9.76. The first-order valence-electron chi connectivity index (χ1n) is 5.01. The minimum Gasteiger partial charge on any atom is -0.261 e. The van der Waals surface area contributed by atoms with Gasteiger partial charge in [0.25, 0.3) is 0 Å². The van der Waals surface area contributed by atoms with Crippen LogP contribution in [0.1, 0.15) is 39.0 Å². The molecule has 0 aromatic carbocycles. The summed E-state index contributed by atoms with van der Waals surface area (Å²) in [5.74, 6) is 0. The first-order valence-corrected chi connectivity index (χ1v) is 5.01. The molecule has 0 radical (unpaired) electrons. The van der Waals surface area contributed by atoms with Crippen LogP contribution in [0.25, 0.3) is 6.08 Å². The number of pyridine rings is 1. The summed E-state index contributed by atoms with van der Waals surface area (Å²) in [5.41, 5.74) is 3.94. The largest absolute Gasteiger partial charge is 0.261 e. The van der Waals surface area contributed by atoms with Gasteiger partial charge in [0.1, 0.15) is 0 Å². The Labute approximate surface area is 86.9 Å². The maximum Gasteiger partial charge on any atom is 0.0444 e. The van der Waals surface area contributed by atoms with E-state index in [0.29, 0.717) is 0 Å². The van der Waals surface area contributed by atoms with E-state index in [1.54, 1.807) is 0 Å². The highest BCUT2D eigenvalue weighted by Gasteiger charge is 2.12. The van der Waals surface area contributed by atoms with Crippen LogP contribution >= 0.6 is 0 Å². The lowest BCUT2D eigenvalue weighted by Gasteiger charge is -2.19. The molecule has 0 aliphatic rings. The Balaban J connectivity index is 3.04. The van der Waals surface area contributed by atoms with Crippen molar-refractivity contribution in [2.24, 2.45) is 5.41 Å². The van der Waals surface area contributed by atoms with Crippen molar-refractivity contribution in [3.8, 4) is 0 Å². The number of hydrogen-bond acceptors (Lipinski definition) is 1. The lowest BCUT2D eigenvalue weighted by molar-refractivity contribution is 0.508. The maximum atomic E-state index is 4.27. The van der Waals surface area contributed by atoms with Crippen LogP contribution in [-0.2, 0) is 0 Å². The Hall–Kier alpha value is -1.11. The number of allylic oxidation sites excluding steroid dienone is 1. The molecule has 0 aliphatic heterocycles. The highest BCUT2D eigenvalue weighted by molar-refractivity contribution is 5.55. The van der Waals surface area contributed by atoms with Crippen LogP contribution in [-0.4, -0.2) is 4.98 Å². The average molecular weight is 189 g/mol. The molecular weight excluding hydrogens is 170 g/mol. The van der Waals surface area contributed by atoms with Crippen molar-refractivity contribution < 1.29 is 0 Å². The number of aryl methyl sites for hydroxylation is 1. The second-order valence-electron chi connectivity index (χ2n) is 4.76. The molecule has 14 heavy (non-hydrogen) atoms. The maximum absolute atomic E-state index is 4.27. The molecule has 1 nitrogen and oxygen atoms in total. The summed E-state index contributed by atoms with van der Waals surface area (Å²) in [5, 5.41) is 0. The van der Waals surface area contributed by atoms with Gasteiger partial charge in [-0.25, -0.2) is 0 Å². The van der Waals surface area contributed by atoms with Gasteiger partial charge in [0.2, 0.25) is 0 Å². The van der Waals surface area contributed by atoms with Crippen LogP contribution in [0.4, 0.5) is 0 Å². The predicted molar refractivity (Wildman–Crippen MR) is 62.1 cm³/mol. The Kier molecular flexibility index (Phi) is 3.10. The van der Waals surface area contributed by atoms with Crippen molar-refractivity contribution >= 4 is 6.08 Å². The first kappa shape index (κ1) is 11.0. The quantitative estimate of drug-likeness (QED) is 0.654. The molecule has 1 heterocycles. The van der Waals surface area contributed by atoms with Crippen molar-refractivity contribution in [2.45, 2.75) is 34.6 Å². The number of hydrogen-bond donors (Lipinski definition) is 0. The van der Waals surface area contributed by atoms with Gasteiger partial charge < -0.3 is 0 Å². The van der Waals surface area contributed by atoms with E-state index in [-0.39, 0.29) is 5.41 Å². The molecule has 0 aliphatic carbocycles. The van der Waals surface area contributed by atoms with E-state index in [4.69, 9.17) is 0 Å². The normalized spacial score (nSPS) is 13.1. The monoisotopic (exact) mass is 189 g/mol. The van der Waals surface area contributed by atoms with Crippen molar-refractivity contribution in [3.05, 3.63) is 35.2 Å². The van der Waals surface area contributed by atoms with Gasteiger partial charge in [-0.3, -0.25) is 4.98 Å². The molecule has 1 aromatic heterocycles. The molecule has 0 saturated carbocycles. The zero-order chi connectivity index (χ0) is 10.8. The minimum absolute atomic E-state index is 0.238. The van der Waals surface area contributed by atoms with Crippen LogP contribution in [0.5, 0.6) is 0 Å². The molecular formula is C13H19N. The average Bonchev–Trinajstić information content (AvgIpc) is 2.07. The standard InChI is InChI=1S/C13H19N/c1-10(13(3,4)5)9-12-7-6-8-14-11(12)2/h6-9H,1-5H3/b10-9+. The predicted octanol–water partition coefficient (Wildman–Crippen LogP) is 3.84. The van der Waals surface area contributed by atoms with Gasteiger partial charge in [-0.15, -0.1) is 0 Å². The van der Waals surface area contributed by atoms with E-state index in [0.717, 1.165) is 5.69 Å². The number of aromatic nitrogens is 1. The summed E-state index contributed by atoms with van der Waals surface area (Å²) in [6, 6.07) is 4.09. The molecule has 0 atom stereocenters. The summed E-state index contributed by atoms with van der Waals surface area (Å²) < 4.78 is 0. The SMILES string of the molecule is C/C(=C\c1cccnc1C)C(C)(C)C. The zero-order valence-electron chi connectivity index (χ0n) is 9.76. The minimum atomic E-state index is 0.238. The fourth-order valence-corrected chi connectivity index (χ4v) is 1.10. The van der Waals surface area contributed by atoms with Crippen molar-refractivity contribution in [2.75, 3.05) is 0 Å². The van der Waals surface area contributed by atoms with Gasteiger partial charge in [-0.1, -0.05) is 38.5 Å². The third-order valence-electron chi connectivity index (χ3n) is 2.60. The van der Waals surface area contributed by atoms with Gasteiger partial charge in [-0.2, -0.15) is 0 Å². The second kappa shape index (κ2) is 3.95. The summed E-state index contributed by atoms with van der Waals surface area (Å²) in [7, 11) is 0. The summed E-state index contributed by atoms with van der Waals surface area (Å²) >= 11 is 0. The van der Waals surface area contributed by atoms with Crippen molar-refractivity contribution in [1.82, 2.24) is 4.98 Å². The molecule has 1 heteroatoms. The third kappa shape index (κ3) is 2.69. The van der Waals surface area contributed by atoms with Crippen LogP contribution in [0, 0.1) is 12.3 Å². The van der Waals surface area contributed by atoms with Crippen LogP contribution in [0.15, 0.2) is 23.9 Å². The van der Waals surface area contributed by atoms with E-state index in [2.05, 4.69) is 44.8 Å². The lowest BCUT2D eigenvalue weighted by Crippen LogP contribution is -2.06. The summed E-state index contributed by atoms with van der Waals surface area (Å²) in [6.07, 6.45) is 4.06. The fourth-order valence-electron chi connectivity index (χ4n) is 1.10. The second-order valence-corrected chi connectivity index (χ2v) is 4.76. The lowest BCUT2D eigenvalue weighted by atomic mass is 9.86. The van der Waals surface area contributed by atoms with Gasteiger partial charge >= 0.3 is 0 Å². The third-order valence-corrected chi connectivity index (χ3v) is 2.60. The van der Waals surface area contributed by atoms with Gasteiger partial charge in [0, 0.05) is 11.9 Å². The highest BCUT2D eigenvalue weighted by atomic mass is 14.7. The molecule has 0 bridgehead atoms. The molecule has 0 fully saturated rings. The van der Waals surface area contributed by atoms with Crippen LogP contribution < -0.4 is 0 Å². The Morgan fingerprint density at radius 3 is 2.50 bits per heavy atom. The van der Waals surface area contributed by atoms with Crippen molar-refractivity contribution in [3.63, 3.8) is 0 Å². The number of nitrogens with zero attached hydrogens (tertiary/aromatic N) is 1. The molecule has 76 valence electrons. The van der Waals surface area contributed by atoms with Gasteiger partial charge in [0.05, 0.1) is 0 Å². The Bertz CT molecular complexity index is 342. The first-order chi connectivity index (χ1) is 6.41. The van der Waals surface area contributed by atoms with E-state index in [1.165, 1.54) is 11.1 Å². The Morgan fingerprint density at radius 2 is 2.00 bits per heavy atom. The van der Waals surface area contributed by atoms with E-state index < -0.39 is 0 Å². The molecule has 1 rings (SSSR count). The fraction of sp³-hybridized carbons (Fsp3) is 0.462. The number of rotatable bonds is 1. The molecule has 0 amide bonds. The van der Waals surface area contributed by atoms with E-state index in [1.807, 2.05) is 19.2 Å². The molecule has 0 unspecified atom stereocenters. The highest BCUT2D eigenvalue weighted by Crippen LogP contribution is 2.26.